The van der Waals surface area contributed by atoms with Gasteiger partial charge in [-0.15, -0.1) is 0 Å². The molecular formula is C47H36O6. The molecule has 0 N–H and O–H groups in total. The molecule has 0 heterocycles. The number of rotatable bonds is 6. The molecule has 0 saturated carbocycles. The van der Waals surface area contributed by atoms with Gasteiger partial charge in [0.1, 0.15) is 0 Å². The van der Waals surface area contributed by atoms with Crippen LogP contribution in [0.4, 0.5) is 0 Å². The van der Waals surface area contributed by atoms with E-state index in [9.17, 15) is 0 Å². The van der Waals surface area contributed by atoms with Crippen LogP contribution in [0.3, 0.4) is 0 Å². The van der Waals surface area contributed by atoms with Crippen molar-refractivity contribution in [1.29, 1.82) is 0 Å². The molecule has 0 aromatic heterocycles. The van der Waals surface area contributed by atoms with Crippen molar-refractivity contribution >= 4 is 0 Å². The van der Waals surface area contributed by atoms with Gasteiger partial charge in [0, 0.05) is 23.2 Å². The third-order valence-electron chi connectivity index (χ3n) is 13.8. The molecule has 12 rings (SSSR count). The van der Waals surface area contributed by atoms with Crippen LogP contribution in [0.25, 0.3) is 66.8 Å². The van der Waals surface area contributed by atoms with Gasteiger partial charge < -0.3 is 28.4 Å². The van der Waals surface area contributed by atoms with E-state index >= 15 is 0 Å². The van der Waals surface area contributed by atoms with Crippen LogP contribution in [-0.2, 0) is 0 Å². The molecule has 6 aromatic rings. The summed E-state index contributed by atoms with van der Waals surface area (Å²) < 4.78 is 35.8. The Labute approximate surface area is 307 Å². The number of fused-ring (bicyclic) bond motifs is 9. The summed E-state index contributed by atoms with van der Waals surface area (Å²) in [4.78, 5) is 0. The van der Waals surface area contributed by atoms with Crippen LogP contribution >= 0.6 is 0 Å². The van der Waals surface area contributed by atoms with Crippen molar-refractivity contribution in [2.45, 2.75) is 24.7 Å². The van der Waals surface area contributed by atoms with Gasteiger partial charge >= 0.3 is 0 Å². The zero-order valence-corrected chi connectivity index (χ0v) is 30.6. The Morgan fingerprint density at radius 2 is 0.472 bits per heavy atom. The summed E-state index contributed by atoms with van der Waals surface area (Å²) in [5, 5.41) is 0. The highest BCUT2D eigenvalue weighted by Gasteiger charge is 2.69. The Kier molecular flexibility index (Phi) is 5.35. The minimum atomic E-state index is -0.157. The Bertz CT molecular complexity index is 2270. The van der Waals surface area contributed by atoms with Crippen LogP contribution in [0.1, 0.15) is 58.1 Å². The summed E-state index contributed by atoms with van der Waals surface area (Å²) in [5.74, 6) is 4.92. The second-order valence-electron chi connectivity index (χ2n) is 15.4. The van der Waals surface area contributed by atoms with E-state index in [0.717, 1.165) is 34.5 Å². The maximum atomic E-state index is 5.96. The lowest BCUT2D eigenvalue weighted by Gasteiger charge is -2.32. The van der Waals surface area contributed by atoms with Crippen LogP contribution < -0.4 is 28.4 Å². The molecule has 0 bridgehead atoms. The number of ether oxygens (including phenoxy) is 6. The fraction of sp³-hybridized carbons (Fsp3) is 0.234. The molecule has 260 valence electrons. The Morgan fingerprint density at radius 3 is 0.623 bits per heavy atom. The Morgan fingerprint density at radius 1 is 0.302 bits per heavy atom. The molecule has 0 radical (unpaired) electrons. The first kappa shape index (κ1) is 29.7. The van der Waals surface area contributed by atoms with Crippen molar-refractivity contribution in [3.63, 3.8) is 0 Å². The van der Waals surface area contributed by atoms with Crippen LogP contribution in [0.15, 0.2) is 72.8 Å². The van der Waals surface area contributed by atoms with E-state index in [4.69, 9.17) is 28.4 Å². The van der Waals surface area contributed by atoms with Crippen molar-refractivity contribution < 1.29 is 28.4 Å². The minimum absolute atomic E-state index is 0.157. The van der Waals surface area contributed by atoms with Crippen molar-refractivity contribution in [2.24, 2.45) is 5.41 Å². The lowest BCUT2D eigenvalue weighted by atomic mass is 9.69. The second kappa shape index (κ2) is 9.56. The lowest BCUT2D eigenvalue weighted by molar-refractivity contribution is 0.289. The number of methoxy groups -OCH3 is 6. The highest BCUT2D eigenvalue weighted by molar-refractivity contribution is 6.05. The van der Waals surface area contributed by atoms with Crippen LogP contribution in [-0.4, -0.2) is 42.7 Å². The van der Waals surface area contributed by atoms with E-state index in [0.29, 0.717) is 0 Å². The van der Waals surface area contributed by atoms with Crippen molar-refractivity contribution in [1.82, 2.24) is 0 Å². The number of benzene rings is 6. The molecule has 6 aliphatic carbocycles. The lowest BCUT2D eigenvalue weighted by Crippen LogP contribution is -2.23. The zero-order chi connectivity index (χ0) is 35.8. The van der Waals surface area contributed by atoms with Crippen LogP contribution in [0, 0.1) is 5.41 Å². The largest absolute Gasteiger partial charge is 0.493 e. The maximum absolute atomic E-state index is 5.96. The Hall–Kier alpha value is -5.88. The molecule has 0 spiro atoms. The Balaban J connectivity index is 1.35. The van der Waals surface area contributed by atoms with E-state index in [1.807, 2.05) is 0 Å². The molecule has 0 aliphatic heterocycles. The van der Waals surface area contributed by atoms with Gasteiger partial charge in [0.25, 0.3) is 0 Å². The first-order chi connectivity index (χ1) is 25.9. The molecular weight excluding hydrogens is 661 g/mol. The van der Waals surface area contributed by atoms with Gasteiger partial charge in [0.05, 0.1) is 42.7 Å². The van der Waals surface area contributed by atoms with Gasteiger partial charge in [-0.25, -0.2) is 0 Å². The quantitative estimate of drug-likeness (QED) is 0.173. The smallest absolute Gasteiger partial charge is 0.161 e. The predicted molar refractivity (Wildman–Crippen MR) is 206 cm³/mol. The van der Waals surface area contributed by atoms with E-state index in [1.54, 1.807) is 42.7 Å². The van der Waals surface area contributed by atoms with Crippen molar-refractivity contribution in [2.75, 3.05) is 42.7 Å². The first-order valence-corrected chi connectivity index (χ1v) is 18.2. The third-order valence-corrected chi connectivity index (χ3v) is 13.8. The van der Waals surface area contributed by atoms with Gasteiger partial charge in [0.15, 0.2) is 34.5 Å². The predicted octanol–water partition coefficient (Wildman–Crippen LogP) is 10.4. The maximum Gasteiger partial charge on any atom is 0.161 e. The molecule has 0 unspecified atom stereocenters. The molecule has 0 fully saturated rings. The zero-order valence-electron chi connectivity index (χ0n) is 30.6. The summed E-state index contributed by atoms with van der Waals surface area (Å²) in [5.41, 5.74) is 23.2. The van der Waals surface area contributed by atoms with Crippen molar-refractivity contribution in [3.8, 4) is 101 Å². The standard InChI is InChI=1S/C47H36O6/c1-47-44-38-20-8-9-22-28-16-34(50-4)36(52-6)18-30(28)24-12-13-25-31-19-37(53-7)35(51-5)17-29(31)23-11-10-21(27-15-33(49-3)32(48-2)14-26(20)27)39(44)41(23)46(47)43(25)42(24)45(47)40(22)38/h8-19,44-46H,1-7H3. The SMILES string of the molecule is COc1cc2c(cc1OC)-c1ccc3c4c1C1c5c-2ccc2c5C5c6c(ccc(c6C4C15C)-c1cc(OC)c(OC)cc1-3)-c1cc(OC)c(OC)cc1-2. The minimum Gasteiger partial charge on any atom is -0.493 e. The monoisotopic (exact) mass is 696 g/mol. The molecule has 0 amide bonds. The topological polar surface area (TPSA) is 55.4 Å². The van der Waals surface area contributed by atoms with Crippen molar-refractivity contribution in [3.05, 3.63) is 106 Å². The third kappa shape index (κ3) is 3.07. The van der Waals surface area contributed by atoms with E-state index in [-0.39, 0.29) is 23.2 Å². The average molecular weight is 697 g/mol. The summed E-state index contributed by atoms with van der Waals surface area (Å²) >= 11 is 0. The van der Waals surface area contributed by atoms with Gasteiger partial charge in [-0.1, -0.05) is 43.3 Å². The van der Waals surface area contributed by atoms with Crippen LogP contribution in [0.2, 0.25) is 0 Å². The highest BCUT2D eigenvalue weighted by atomic mass is 16.5. The summed E-state index contributed by atoms with van der Waals surface area (Å²) in [6.07, 6.45) is 0. The molecule has 6 nitrogen and oxygen atoms in total. The van der Waals surface area contributed by atoms with Crippen LogP contribution in [0.5, 0.6) is 34.5 Å². The molecule has 0 atom stereocenters. The number of hydrogen-bond donors (Lipinski definition) is 0. The van der Waals surface area contributed by atoms with Gasteiger partial charge in [0.2, 0.25) is 0 Å². The normalized spacial score (nSPS) is 21.0. The van der Waals surface area contributed by atoms with Gasteiger partial charge in [-0.05, 0) is 137 Å². The summed E-state index contributed by atoms with van der Waals surface area (Å²) in [6.45, 7) is 2.59. The van der Waals surface area contributed by atoms with Gasteiger partial charge in [-0.2, -0.15) is 0 Å². The molecule has 6 aromatic carbocycles. The molecule has 6 heteroatoms. The summed E-state index contributed by atoms with van der Waals surface area (Å²) in [7, 11) is 10.3. The first-order valence-electron chi connectivity index (χ1n) is 18.2. The molecule has 53 heavy (non-hydrogen) atoms. The molecule has 6 aliphatic rings. The fourth-order valence-corrected chi connectivity index (χ4v) is 12.0. The number of hydrogen-bond acceptors (Lipinski definition) is 6. The summed E-state index contributed by atoms with van der Waals surface area (Å²) in [6, 6.07) is 27.4. The molecule has 0 saturated heterocycles. The second-order valence-corrected chi connectivity index (χ2v) is 15.4. The highest BCUT2D eigenvalue weighted by Crippen LogP contribution is 2.82. The van der Waals surface area contributed by atoms with E-state index in [2.05, 4.69) is 79.7 Å². The van der Waals surface area contributed by atoms with E-state index < -0.39 is 0 Å². The van der Waals surface area contributed by atoms with Gasteiger partial charge in [-0.3, -0.25) is 0 Å². The average Bonchev–Trinajstić information content (AvgIpc) is 3.62. The van der Waals surface area contributed by atoms with E-state index in [1.165, 1.54) is 100 Å². The fourth-order valence-electron chi connectivity index (χ4n) is 12.0.